The largest absolute Gasteiger partial charge is 0.497 e. The van der Waals surface area contributed by atoms with Gasteiger partial charge in [-0.05, 0) is 36.8 Å². The molecule has 0 aliphatic heterocycles. The summed E-state index contributed by atoms with van der Waals surface area (Å²) in [6.07, 6.45) is 0. The second kappa shape index (κ2) is 9.04. The summed E-state index contributed by atoms with van der Waals surface area (Å²) >= 11 is 0. The molecule has 0 bridgehead atoms. The Kier molecular flexibility index (Phi) is 6.78. The van der Waals surface area contributed by atoms with Crippen LogP contribution in [0.4, 0.5) is 0 Å². The molecule has 0 spiro atoms. The lowest BCUT2D eigenvalue weighted by atomic mass is 10.1. The molecule has 26 heavy (non-hydrogen) atoms. The Hall–Kier alpha value is -2.82. The van der Waals surface area contributed by atoms with Gasteiger partial charge in [-0.2, -0.15) is 0 Å². The number of esters is 1. The van der Waals surface area contributed by atoms with Crippen molar-refractivity contribution in [3.63, 3.8) is 0 Å². The quantitative estimate of drug-likeness (QED) is 0.714. The molecule has 0 heterocycles. The maximum atomic E-state index is 13.0. The van der Waals surface area contributed by atoms with Gasteiger partial charge in [0, 0.05) is 18.7 Å². The molecule has 138 valence electrons. The van der Waals surface area contributed by atoms with E-state index in [1.165, 1.54) is 7.11 Å². The van der Waals surface area contributed by atoms with Crippen molar-refractivity contribution in [2.24, 2.45) is 5.92 Å². The van der Waals surface area contributed by atoms with E-state index in [2.05, 4.69) is 0 Å². The standard InChI is InChI=1S/C21H25NO4/c1-15-5-9-18(10-6-15)20(23)22(13-16(2)21(24)26-4)14-17-7-11-19(25-3)12-8-17/h5-12,16H,13-14H2,1-4H3. The highest BCUT2D eigenvalue weighted by molar-refractivity contribution is 5.94. The first-order valence-electron chi connectivity index (χ1n) is 8.51. The van der Waals surface area contributed by atoms with E-state index in [1.807, 2.05) is 55.5 Å². The molecule has 1 unspecified atom stereocenters. The molecule has 2 aromatic rings. The highest BCUT2D eigenvalue weighted by atomic mass is 16.5. The van der Waals surface area contributed by atoms with Crippen molar-refractivity contribution in [1.82, 2.24) is 4.90 Å². The van der Waals surface area contributed by atoms with Gasteiger partial charge in [0.15, 0.2) is 0 Å². The summed E-state index contributed by atoms with van der Waals surface area (Å²) in [6.45, 7) is 4.42. The summed E-state index contributed by atoms with van der Waals surface area (Å²) in [5.74, 6) is -0.0984. The fourth-order valence-corrected chi connectivity index (χ4v) is 2.66. The van der Waals surface area contributed by atoms with Gasteiger partial charge >= 0.3 is 5.97 Å². The van der Waals surface area contributed by atoms with Crippen molar-refractivity contribution in [3.8, 4) is 5.75 Å². The van der Waals surface area contributed by atoms with Gasteiger partial charge in [0.1, 0.15) is 5.75 Å². The van der Waals surface area contributed by atoms with Crippen LogP contribution in [0.2, 0.25) is 0 Å². The van der Waals surface area contributed by atoms with E-state index in [1.54, 1.807) is 18.9 Å². The van der Waals surface area contributed by atoms with Crippen LogP contribution >= 0.6 is 0 Å². The normalized spacial score (nSPS) is 11.5. The van der Waals surface area contributed by atoms with Crippen LogP contribution in [0, 0.1) is 12.8 Å². The minimum Gasteiger partial charge on any atom is -0.497 e. The number of nitrogens with zero attached hydrogens (tertiary/aromatic N) is 1. The second-order valence-corrected chi connectivity index (χ2v) is 6.32. The monoisotopic (exact) mass is 355 g/mol. The second-order valence-electron chi connectivity index (χ2n) is 6.32. The zero-order chi connectivity index (χ0) is 19.1. The van der Waals surface area contributed by atoms with Gasteiger partial charge in [-0.25, -0.2) is 0 Å². The van der Waals surface area contributed by atoms with Gasteiger partial charge in [0.2, 0.25) is 0 Å². The molecule has 2 aromatic carbocycles. The van der Waals surface area contributed by atoms with Gasteiger partial charge in [-0.15, -0.1) is 0 Å². The van der Waals surface area contributed by atoms with Gasteiger partial charge in [-0.1, -0.05) is 36.8 Å². The topological polar surface area (TPSA) is 55.8 Å². The van der Waals surface area contributed by atoms with Crippen molar-refractivity contribution in [3.05, 3.63) is 65.2 Å². The van der Waals surface area contributed by atoms with Gasteiger partial charge < -0.3 is 14.4 Å². The number of rotatable bonds is 7. The van der Waals surface area contributed by atoms with Crippen LogP contribution in [-0.2, 0) is 16.1 Å². The number of methoxy groups -OCH3 is 2. The molecule has 5 nitrogen and oxygen atoms in total. The van der Waals surface area contributed by atoms with Crippen molar-refractivity contribution >= 4 is 11.9 Å². The third-order valence-electron chi connectivity index (χ3n) is 4.22. The highest BCUT2D eigenvalue weighted by Gasteiger charge is 2.22. The van der Waals surface area contributed by atoms with E-state index in [0.29, 0.717) is 12.1 Å². The van der Waals surface area contributed by atoms with Crippen LogP contribution in [0.3, 0.4) is 0 Å². The molecule has 0 aliphatic carbocycles. The first-order valence-corrected chi connectivity index (χ1v) is 8.51. The van der Waals surface area contributed by atoms with Crippen molar-refractivity contribution in [2.45, 2.75) is 20.4 Å². The van der Waals surface area contributed by atoms with Crippen molar-refractivity contribution in [1.29, 1.82) is 0 Å². The highest BCUT2D eigenvalue weighted by Crippen LogP contribution is 2.17. The third-order valence-corrected chi connectivity index (χ3v) is 4.22. The van der Waals surface area contributed by atoms with E-state index in [4.69, 9.17) is 9.47 Å². The average Bonchev–Trinajstić information content (AvgIpc) is 2.67. The zero-order valence-electron chi connectivity index (χ0n) is 15.7. The summed E-state index contributed by atoms with van der Waals surface area (Å²) in [5, 5.41) is 0. The lowest BCUT2D eigenvalue weighted by Crippen LogP contribution is -2.36. The minimum atomic E-state index is -0.410. The van der Waals surface area contributed by atoms with E-state index in [9.17, 15) is 9.59 Å². The van der Waals surface area contributed by atoms with Gasteiger partial charge in [0.25, 0.3) is 5.91 Å². The Morgan fingerprint density at radius 1 is 1.00 bits per heavy atom. The lowest BCUT2D eigenvalue weighted by molar-refractivity contribution is -0.145. The first kappa shape index (κ1) is 19.5. The SMILES string of the molecule is COC(=O)C(C)CN(Cc1ccc(OC)cc1)C(=O)c1ccc(C)cc1. The molecule has 0 saturated carbocycles. The Bertz CT molecular complexity index is 738. The number of amides is 1. The smallest absolute Gasteiger partial charge is 0.310 e. The van der Waals surface area contributed by atoms with Crippen LogP contribution in [-0.4, -0.2) is 37.5 Å². The molecule has 2 rings (SSSR count). The van der Waals surface area contributed by atoms with Crippen LogP contribution in [0.1, 0.15) is 28.4 Å². The number of hydrogen-bond donors (Lipinski definition) is 0. The van der Waals surface area contributed by atoms with E-state index in [-0.39, 0.29) is 18.4 Å². The zero-order valence-corrected chi connectivity index (χ0v) is 15.7. The van der Waals surface area contributed by atoms with Crippen molar-refractivity contribution < 1.29 is 19.1 Å². The van der Waals surface area contributed by atoms with Gasteiger partial charge in [0.05, 0.1) is 20.1 Å². The molecule has 1 atom stereocenters. The lowest BCUT2D eigenvalue weighted by Gasteiger charge is -2.25. The molecule has 0 N–H and O–H groups in total. The summed E-state index contributed by atoms with van der Waals surface area (Å²) in [6, 6.07) is 15.0. The molecule has 5 heteroatoms. The average molecular weight is 355 g/mol. The molecule has 0 saturated heterocycles. The van der Waals surface area contributed by atoms with E-state index < -0.39 is 5.92 Å². The maximum absolute atomic E-state index is 13.0. The first-order chi connectivity index (χ1) is 12.4. The fraction of sp³-hybridized carbons (Fsp3) is 0.333. The number of hydrogen-bond acceptors (Lipinski definition) is 4. The Morgan fingerprint density at radius 2 is 1.62 bits per heavy atom. The van der Waals surface area contributed by atoms with Gasteiger partial charge in [-0.3, -0.25) is 9.59 Å². The molecule has 0 radical (unpaired) electrons. The predicted molar refractivity (Wildman–Crippen MR) is 100 cm³/mol. The number of carbonyl (C=O) groups is 2. The van der Waals surface area contributed by atoms with Crippen LogP contribution in [0.25, 0.3) is 0 Å². The number of carbonyl (C=O) groups excluding carboxylic acids is 2. The Balaban J connectivity index is 2.23. The minimum absolute atomic E-state index is 0.114. The Morgan fingerprint density at radius 3 is 2.15 bits per heavy atom. The predicted octanol–water partition coefficient (Wildman–Crippen LogP) is 3.46. The number of benzene rings is 2. The molecule has 0 aromatic heterocycles. The van der Waals surface area contributed by atoms with Crippen LogP contribution in [0.15, 0.2) is 48.5 Å². The van der Waals surface area contributed by atoms with Crippen molar-refractivity contribution in [2.75, 3.05) is 20.8 Å². The Labute approximate surface area is 154 Å². The molecule has 0 fully saturated rings. The van der Waals surface area contributed by atoms with Crippen LogP contribution < -0.4 is 4.74 Å². The number of ether oxygens (including phenoxy) is 2. The summed E-state index contributed by atoms with van der Waals surface area (Å²) in [5.41, 5.74) is 2.65. The maximum Gasteiger partial charge on any atom is 0.310 e. The summed E-state index contributed by atoms with van der Waals surface area (Å²) in [4.78, 5) is 26.5. The van der Waals surface area contributed by atoms with E-state index in [0.717, 1.165) is 16.9 Å². The molecular formula is C21H25NO4. The number of aryl methyl sites for hydroxylation is 1. The van der Waals surface area contributed by atoms with E-state index >= 15 is 0 Å². The van der Waals surface area contributed by atoms with Crippen LogP contribution in [0.5, 0.6) is 5.75 Å². The molecular weight excluding hydrogens is 330 g/mol. The summed E-state index contributed by atoms with van der Waals surface area (Å²) < 4.78 is 9.97. The summed E-state index contributed by atoms with van der Waals surface area (Å²) in [7, 11) is 2.97. The fourth-order valence-electron chi connectivity index (χ4n) is 2.66. The molecule has 1 amide bonds. The third kappa shape index (κ3) is 5.09. The molecule has 0 aliphatic rings.